The Labute approximate surface area is 127 Å². The van der Waals surface area contributed by atoms with Gasteiger partial charge < -0.3 is 10.1 Å². The van der Waals surface area contributed by atoms with Crippen molar-refractivity contribution in [2.24, 2.45) is 0 Å². The molecule has 2 heterocycles. The molecule has 2 aliphatic rings. The molecule has 1 atom stereocenters. The molecule has 1 N–H and O–H groups in total. The number of rotatable bonds is 4. The Morgan fingerprint density at radius 1 is 1.48 bits per heavy atom. The molecule has 114 valence electrons. The molecule has 1 fully saturated rings. The maximum Gasteiger partial charge on any atom is 0.329 e. The highest BCUT2D eigenvalue weighted by Crippen LogP contribution is 2.30. The molecule has 0 spiro atoms. The van der Waals surface area contributed by atoms with Crippen molar-refractivity contribution in [3.05, 3.63) is 21.2 Å². The van der Waals surface area contributed by atoms with E-state index < -0.39 is 6.04 Å². The lowest BCUT2D eigenvalue weighted by molar-refractivity contribution is -0.147. The molecule has 1 saturated carbocycles. The lowest BCUT2D eigenvalue weighted by atomic mass is 9.93. The molecule has 7 heteroatoms. The van der Waals surface area contributed by atoms with E-state index in [0.717, 1.165) is 19.3 Å². The first-order chi connectivity index (χ1) is 10.1. The molecule has 0 amide bonds. The Kier molecular flexibility index (Phi) is 3.89. The molecule has 0 aromatic carbocycles. The number of hydrogen-bond donors (Lipinski definition) is 1. The molecule has 3 rings (SSSR count). The largest absolute Gasteiger partial charge is 0.464 e. The van der Waals surface area contributed by atoms with Crippen molar-refractivity contribution in [2.45, 2.75) is 51.1 Å². The Morgan fingerprint density at radius 3 is 2.86 bits per heavy atom. The molecule has 1 aliphatic heterocycles. The molecule has 0 radical (unpaired) electrons. The summed E-state index contributed by atoms with van der Waals surface area (Å²) < 4.78 is 6.50. The van der Waals surface area contributed by atoms with Crippen molar-refractivity contribution in [1.82, 2.24) is 9.55 Å². The number of nitrogens with one attached hydrogen (secondary N) is 1. The maximum atomic E-state index is 12.6. The van der Waals surface area contributed by atoms with Gasteiger partial charge in [-0.25, -0.2) is 9.78 Å². The number of ether oxygens (including phenoxy) is 1. The summed E-state index contributed by atoms with van der Waals surface area (Å²) >= 11 is 6.18. The van der Waals surface area contributed by atoms with Crippen LogP contribution in [0.25, 0.3) is 0 Å². The summed E-state index contributed by atoms with van der Waals surface area (Å²) in [4.78, 5) is 28.8. The Morgan fingerprint density at radius 2 is 2.24 bits per heavy atom. The average Bonchev–Trinajstić information content (AvgIpc) is 2.85. The van der Waals surface area contributed by atoms with Gasteiger partial charge in [0.05, 0.1) is 12.3 Å². The van der Waals surface area contributed by atoms with Crippen molar-refractivity contribution in [1.29, 1.82) is 0 Å². The van der Waals surface area contributed by atoms with Crippen LogP contribution in [-0.2, 0) is 16.0 Å². The number of hydrogen-bond acceptors (Lipinski definition) is 5. The minimum atomic E-state index is -0.588. The molecule has 21 heavy (non-hydrogen) atoms. The first kappa shape index (κ1) is 14.4. The lowest BCUT2D eigenvalue weighted by Crippen LogP contribution is -2.35. The van der Waals surface area contributed by atoms with Crippen LogP contribution in [0.4, 0.5) is 5.82 Å². The third-order valence-corrected chi connectivity index (χ3v) is 4.43. The number of esters is 1. The minimum Gasteiger partial charge on any atom is -0.464 e. The second-order valence-corrected chi connectivity index (χ2v) is 5.81. The van der Waals surface area contributed by atoms with Crippen LogP contribution in [0.15, 0.2) is 4.79 Å². The van der Waals surface area contributed by atoms with E-state index in [1.807, 2.05) is 0 Å². The summed E-state index contributed by atoms with van der Waals surface area (Å²) in [5.41, 5.74) is 0.343. The summed E-state index contributed by atoms with van der Waals surface area (Å²) in [6.07, 6.45) is 4.31. The van der Waals surface area contributed by atoms with E-state index in [0.29, 0.717) is 30.3 Å². The summed E-state index contributed by atoms with van der Waals surface area (Å²) in [6, 6.07) is -0.308. The van der Waals surface area contributed by atoms with Crippen molar-refractivity contribution < 1.29 is 9.53 Å². The zero-order valence-corrected chi connectivity index (χ0v) is 12.7. The fourth-order valence-corrected chi connectivity index (χ4v) is 3.07. The number of carbonyl (C=O) groups excluding carboxylic acids is 1. The van der Waals surface area contributed by atoms with Gasteiger partial charge in [-0.1, -0.05) is 11.6 Å². The van der Waals surface area contributed by atoms with Crippen LogP contribution in [0.3, 0.4) is 0 Å². The van der Waals surface area contributed by atoms with E-state index in [2.05, 4.69) is 10.3 Å². The summed E-state index contributed by atoms with van der Waals surface area (Å²) in [7, 11) is 0. The van der Waals surface area contributed by atoms with Gasteiger partial charge in [-0.3, -0.25) is 9.36 Å². The summed E-state index contributed by atoms with van der Waals surface area (Å²) in [5, 5.41) is 3.42. The van der Waals surface area contributed by atoms with Crippen LogP contribution < -0.4 is 10.9 Å². The first-order valence-electron chi connectivity index (χ1n) is 7.36. The highest BCUT2D eigenvalue weighted by molar-refractivity contribution is 6.30. The highest BCUT2D eigenvalue weighted by atomic mass is 35.5. The first-order valence-corrected chi connectivity index (χ1v) is 7.73. The van der Waals surface area contributed by atoms with E-state index in [1.54, 1.807) is 6.92 Å². The molecular weight excluding hydrogens is 294 g/mol. The van der Waals surface area contributed by atoms with E-state index in [-0.39, 0.29) is 23.4 Å². The molecule has 1 aliphatic carbocycles. The predicted octanol–water partition coefficient (Wildman–Crippen LogP) is 1.91. The van der Waals surface area contributed by atoms with Crippen molar-refractivity contribution >= 4 is 23.4 Å². The van der Waals surface area contributed by atoms with Crippen molar-refractivity contribution in [3.63, 3.8) is 0 Å². The molecule has 0 saturated heterocycles. The Hall–Kier alpha value is -1.56. The molecule has 0 bridgehead atoms. The number of carbonyl (C=O) groups is 1. The second-order valence-electron chi connectivity index (χ2n) is 5.45. The predicted molar refractivity (Wildman–Crippen MR) is 78.8 cm³/mol. The smallest absolute Gasteiger partial charge is 0.329 e. The van der Waals surface area contributed by atoms with Crippen LogP contribution in [0.5, 0.6) is 0 Å². The fourth-order valence-electron chi connectivity index (χ4n) is 2.80. The van der Waals surface area contributed by atoms with E-state index in [1.165, 1.54) is 4.57 Å². The van der Waals surface area contributed by atoms with Crippen LogP contribution in [0.2, 0.25) is 5.15 Å². The zero-order chi connectivity index (χ0) is 15.0. The molecular formula is C14H18ClN3O3. The minimum absolute atomic E-state index is 0.240. The number of anilines is 1. The van der Waals surface area contributed by atoms with Gasteiger partial charge in [0.25, 0.3) is 5.56 Å². The van der Waals surface area contributed by atoms with E-state index >= 15 is 0 Å². The van der Waals surface area contributed by atoms with Gasteiger partial charge in [0.15, 0.2) is 11.0 Å². The molecule has 1 aromatic rings. The van der Waals surface area contributed by atoms with Gasteiger partial charge in [-0.2, -0.15) is 0 Å². The van der Waals surface area contributed by atoms with Gasteiger partial charge in [-0.05, 0) is 39.0 Å². The van der Waals surface area contributed by atoms with E-state index in [4.69, 9.17) is 16.3 Å². The second kappa shape index (κ2) is 5.67. The maximum absolute atomic E-state index is 12.6. The van der Waals surface area contributed by atoms with Gasteiger partial charge in [0.1, 0.15) is 6.04 Å². The van der Waals surface area contributed by atoms with Crippen molar-refractivity contribution in [3.8, 4) is 0 Å². The summed E-state index contributed by atoms with van der Waals surface area (Å²) in [5.74, 6) is -0.139. The number of nitrogens with zero attached hydrogens (tertiary/aromatic N) is 2. The molecule has 1 aromatic heterocycles. The summed E-state index contributed by atoms with van der Waals surface area (Å²) in [6.45, 7) is 2.05. The third kappa shape index (κ3) is 2.52. The fraction of sp³-hybridized carbons (Fsp3) is 0.643. The normalized spacial score (nSPS) is 20.8. The van der Waals surface area contributed by atoms with Gasteiger partial charge in [0.2, 0.25) is 0 Å². The Bertz CT molecular complexity index is 625. The highest BCUT2D eigenvalue weighted by Gasteiger charge is 2.34. The van der Waals surface area contributed by atoms with Gasteiger partial charge >= 0.3 is 5.97 Å². The third-order valence-electron chi connectivity index (χ3n) is 4.13. The van der Waals surface area contributed by atoms with Crippen LogP contribution in [-0.4, -0.2) is 28.2 Å². The molecule has 0 unspecified atom stereocenters. The van der Waals surface area contributed by atoms with Gasteiger partial charge in [0, 0.05) is 6.04 Å². The number of aromatic nitrogens is 2. The van der Waals surface area contributed by atoms with Crippen LogP contribution in [0.1, 0.15) is 44.3 Å². The quantitative estimate of drug-likeness (QED) is 0.860. The number of fused-ring (bicyclic) bond motifs is 1. The SMILES string of the molecule is CCOC(=O)[C@@H]1CCc2c(Cl)nc(NC3CCC3)c(=O)n21. The van der Waals surface area contributed by atoms with Gasteiger partial charge in [-0.15, -0.1) is 0 Å². The van der Waals surface area contributed by atoms with E-state index in [9.17, 15) is 9.59 Å². The standard InChI is InChI=1S/C14H18ClN3O3/c1-2-21-14(20)10-7-6-9-11(15)17-12(13(19)18(9)10)16-8-4-3-5-8/h8,10H,2-7H2,1H3,(H,16,17)/t10-/m0/s1. The lowest BCUT2D eigenvalue weighted by Gasteiger charge is -2.27. The average molecular weight is 312 g/mol. The van der Waals surface area contributed by atoms with Crippen molar-refractivity contribution in [2.75, 3.05) is 11.9 Å². The molecule has 6 nitrogen and oxygen atoms in total. The topological polar surface area (TPSA) is 73.2 Å². The monoisotopic (exact) mass is 311 g/mol. The number of halogens is 1. The van der Waals surface area contributed by atoms with Crippen LogP contribution >= 0.6 is 11.6 Å². The van der Waals surface area contributed by atoms with Crippen LogP contribution in [0, 0.1) is 0 Å². The zero-order valence-electron chi connectivity index (χ0n) is 11.9. The Balaban J connectivity index is 1.97.